The molecule has 0 bridgehead atoms. The standard InChI is InChI=1S/C40H78NO7P/c1-3-5-7-9-11-13-15-17-19-20-22-24-26-28-30-32-35-45-37-39(38-47-49(43,44)46-36-34-41)48-40(42)33-31-29-27-25-23-21-18-16-14-12-10-8-6-4-2/h16-19,39H,3-15,20-38,41H2,1-2H3,(H,43,44)/b18-16-,19-17-. The van der Waals surface area contributed by atoms with Crippen molar-refractivity contribution in [3.63, 3.8) is 0 Å². The van der Waals surface area contributed by atoms with E-state index in [1.165, 1.54) is 122 Å². The number of ether oxygens (including phenoxy) is 2. The van der Waals surface area contributed by atoms with E-state index >= 15 is 0 Å². The molecule has 0 rings (SSSR count). The van der Waals surface area contributed by atoms with Gasteiger partial charge in [0.15, 0.2) is 0 Å². The fourth-order valence-corrected chi connectivity index (χ4v) is 6.34. The molecule has 2 unspecified atom stereocenters. The number of esters is 1. The SMILES string of the molecule is CCCCCCC/C=C\CCCCCCCC(=O)OC(COCCCCCCCC/C=C\CCCCCCCC)COP(=O)(O)OCCN. The summed E-state index contributed by atoms with van der Waals surface area (Å²) < 4.78 is 33.3. The molecule has 3 N–H and O–H groups in total. The van der Waals surface area contributed by atoms with Gasteiger partial charge in [0.25, 0.3) is 0 Å². The predicted molar refractivity (Wildman–Crippen MR) is 206 cm³/mol. The Kier molecular flexibility index (Phi) is 37.4. The lowest BCUT2D eigenvalue weighted by Gasteiger charge is -2.20. The molecule has 0 spiro atoms. The summed E-state index contributed by atoms with van der Waals surface area (Å²) in [5.74, 6) is -0.341. The van der Waals surface area contributed by atoms with E-state index in [1.807, 2.05) is 0 Å². The van der Waals surface area contributed by atoms with Crippen molar-refractivity contribution in [2.75, 3.05) is 33.0 Å². The van der Waals surface area contributed by atoms with Gasteiger partial charge in [-0.2, -0.15) is 0 Å². The maximum absolute atomic E-state index is 12.5. The second-order valence-corrected chi connectivity index (χ2v) is 14.9. The molecular weight excluding hydrogens is 637 g/mol. The monoisotopic (exact) mass is 716 g/mol. The van der Waals surface area contributed by atoms with E-state index in [0.29, 0.717) is 13.0 Å². The lowest BCUT2D eigenvalue weighted by Crippen LogP contribution is -2.28. The highest BCUT2D eigenvalue weighted by Crippen LogP contribution is 2.43. The Bertz CT molecular complexity index is 807. The van der Waals surface area contributed by atoms with Crippen molar-refractivity contribution in [2.24, 2.45) is 5.73 Å². The summed E-state index contributed by atoms with van der Waals surface area (Å²) in [4.78, 5) is 22.4. The molecule has 2 atom stereocenters. The lowest BCUT2D eigenvalue weighted by atomic mass is 10.1. The number of allylic oxidation sites excluding steroid dienone is 4. The Morgan fingerprint density at radius 1 is 0.592 bits per heavy atom. The van der Waals surface area contributed by atoms with Crippen molar-refractivity contribution < 1.29 is 32.8 Å². The van der Waals surface area contributed by atoms with Crippen LogP contribution in [0.5, 0.6) is 0 Å². The second kappa shape index (κ2) is 38.2. The van der Waals surface area contributed by atoms with Crippen molar-refractivity contribution in [3.8, 4) is 0 Å². The fraction of sp³-hybridized carbons (Fsp3) is 0.875. The first-order valence-corrected chi connectivity index (χ1v) is 21.8. The van der Waals surface area contributed by atoms with Gasteiger partial charge in [0, 0.05) is 19.6 Å². The van der Waals surface area contributed by atoms with E-state index in [1.54, 1.807) is 0 Å². The fourth-order valence-electron chi connectivity index (χ4n) is 5.57. The van der Waals surface area contributed by atoms with Crippen LogP contribution < -0.4 is 5.73 Å². The summed E-state index contributed by atoms with van der Waals surface area (Å²) in [6.45, 7) is 4.89. The molecule has 0 saturated carbocycles. The molecule has 0 radical (unpaired) electrons. The minimum absolute atomic E-state index is 0.0971. The third-order valence-corrected chi connectivity index (χ3v) is 9.58. The summed E-state index contributed by atoms with van der Waals surface area (Å²) >= 11 is 0. The van der Waals surface area contributed by atoms with Gasteiger partial charge in [-0.15, -0.1) is 0 Å². The van der Waals surface area contributed by atoms with Crippen LogP contribution in [0, 0.1) is 0 Å². The van der Waals surface area contributed by atoms with Crippen molar-refractivity contribution in [2.45, 2.75) is 193 Å². The summed E-state index contributed by atoms with van der Waals surface area (Å²) in [6.07, 6.45) is 40.4. The van der Waals surface area contributed by atoms with Crippen molar-refractivity contribution in [3.05, 3.63) is 24.3 Å². The molecule has 0 aliphatic heterocycles. The molecule has 8 nitrogen and oxygen atoms in total. The van der Waals surface area contributed by atoms with Gasteiger partial charge in [0.2, 0.25) is 0 Å². The van der Waals surface area contributed by atoms with Gasteiger partial charge in [-0.25, -0.2) is 4.57 Å². The van der Waals surface area contributed by atoms with Gasteiger partial charge < -0.3 is 20.1 Å². The van der Waals surface area contributed by atoms with Crippen LogP contribution in [0.25, 0.3) is 0 Å². The van der Waals surface area contributed by atoms with Crippen LogP contribution in [0.2, 0.25) is 0 Å². The number of carbonyl (C=O) groups excluding carboxylic acids is 1. The number of carbonyl (C=O) groups is 1. The maximum atomic E-state index is 12.5. The minimum Gasteiger partial charge on any atom is -0.457 e. The number of hydrogen-bond acceptors (Lipinski definition) is 7. The maximum Gasteiger partial charge on any atom is 0.472 e. The van der Waals surface area contributed by atoms with Gasteiger partial charge in [0.05, 0.1) is 19.8 Å². The molecule has 0 amide bonds. The van der Waals surface area contributed by atoms with Crippen LogP contribution in [0.4, 0.5) is 0 Å². The first-order chi connectivity index (χ1) is 23.9. The number of phosphoric acid groups is 1. The third kappa shape index (κ3) is 38.1. The molecular formula is C40H78NO7P. The van der Waals surface area contributed by atoms with Crippen LogP contribution >= 0.6 is 7.82 Å². The Labute approximate surface area is 302 Å². The number of unbranched alkanes of at least 4 members (excludes halogenated alkanes) is 22. The molecule has 0 aromatic rings. The highest BCUT2D eigenvalue weighted by atomic mass is 31.2. The molecule has 9 heteroatoms. The minimum atomic E-state index is -4.27. The molecule has 0 aliphatic carbocycles. The predicted octanol–water partition coefficient (Wildman–Crippen LogP) is 11.7. The molecule has 49 heavy (non-hydrogen) atoms. The number of phosphoric ester groups is 1. The zero-order valence-corrected chi connectivity index (χ0v) is 32.8. The molecule has 0 fully saturated rings. The third-order valence-electron chi connectivity index (χ3n) is 8.59. The molecule has 0 saturated heterocycles. The Morgan fingerprint density at radius 3 is 1.49 bits per heavy atom. The second-order valence-electron chi connectivity index (χ2n) is 13.5. The zero-order valence-electron chi connectivity index (χ0n) is 31.9. The average Bonchev–Trinajstić information content (AvgIpc) is 3.09. The Balaban J connectivity index is 4.07. The average molecular weight is 716 g/mol. The summed E-state index contributed by atoms with van der Waals surface area (Å²) in [5.41, 5.74) is 5.36. The molecule has 0 aliphatic rings. The van der Waals surface area contributed by atoms with Crippen molar-refractivity contribution >= 4 is 13.8 Å². The highest BCUT2D eigenvalue weighted by Gasteiger charge is 2.25. The first-order valence-electron chi connectivity index (χ1n) is 20.3. The highest BCUT2D eigenvalue weighted by molar-refractivity contribution is 7.47. The molecule has 290 valence electrons. The number of rotatable bonds is 39. The van der Waals surface area contributed by atoms with Crippen molar-refractivity contribution in [1.82, 2.24) is 0 Å². The van der Waals surface area contributed by atoms with Gasteiger partial charge in [-0.1, -0.05) is 141 Å². The van der Waals surface area contributed by atoms with Crippen molar-refractivity contribution in [1.29, 1.82) is 0 Å². The largest absolute Gasteiger partial charge is 0.472 e. The van der Waals surface area contributed by atoms with Crippen LogP contribution in [0.3, 0.4) is 0 Å². The summed E-state index contributed by atoms with van der Waals surface area (Å²) in [7, 11) is -4.27. The van der Waals surface area contributed by atoms with E-state index < -0.39 is 13.9 Å². The van der Waals surface area contributed by atoms with E-state index in [0.717, 1.165) is 44.9 Å². The van der Waals surface area contributed by atoms with E-state index in [9.17, 15) is 14.3 Å². The molecule has 0 aromatic carbocycles. The Hall–Kier alpha value is -1.02. The Morgan fingerprint density at radius 2 is 1.02 bits per heavy atom. The number of hydrogen-bond donors (Lipinski definition) is 2. The smallest absolute Gasteiger partial charge is 0.457 e. The zero-order chi connectivity index (χ0) is 35.9. The quantitative estimate of drug-likeness (QED) is 0.0279. The first kappa shape index (κ1) is 48.0. The lowest BCUT2D eigenvalue weighted by molar-refractivity contribution is -0.154. The van der Waals surface area contributed by atoms with Crippen LogP contribution in [-0.4, -0.2) is 49.9 Å². The van der Waals surface area contributed by atoms with E-state index in [2.05, 4.69) is 38.2 Å². The van der Waals surface area contributed by atoms with Crippen LogP contribution in [-0.2, 0) is 27.9 Å². The van der Waals surface area contributed by atoms with Gasteiger partial charge in [0.1, 0.15) is 6.10 Å². The van der Waals surface area contributed by atoms with Gasteiger partial charge >= 0.3 is 13.8 Å². The molecule has 0 aromatic heterocycles. The van der Waals surface area contributed by atoms with Crippen LogP contribution in [0.15, 0.2) is 24.3 Å². The van der Waals surface area contributed by atoms with E-state index in [4.69, 9.17) is 24.3 Å². The normalized spacial score (nSPS) is 13.8. The van der Waals surface area contributed by atoms with E-state index in [-0.39, 0.29) is 32.3 Å². The molecule has 0 heterocycles. The topological polar surface area (TPSA) is 117 Å². The van der Waals surface area contributed by atoms with Gasteiger partial charge in [-0.3, -0.25) is 13.8 Å². The van der Waals surface area contributed by atoms with Crippen LogP contribution in [0.1, 0.15) is 187 Å². The number of nitrogens with two attached hydrogens (primary N) is 1. The summed E-state index contributed by atoms with van der Waals surface area (Å²) in [6, 6.07) is 0. The summed E-state index contributed by atoms with van der Waals surface area (Å²) in [5, 5.41) is 0. The van der Waals surface area contributed by atoms with Gasteiger partial charge in [-0.05, 0) is 64.2 Å².